The van der Waals surface area contributed by atoms with E-state index in [1.165, 1.54) is 0 Å². The fraction of sp³-hybridized carbons (Fsp3) is 0.632. The Morgan fingerprint density at radius 1 is 0.673 bits per heavy atom. The molecule has 274 valence electrons. The summed E-state index contributed by atoms with van der Waals surface area (Å²) >= 11 is 3.49. The molecule has 2 aromatic rings. The zero-order valence-electron chi connectivity index (χ0n) is 29.3. The molecule has 49 heavy (non-hydrogen) atoms. The fourth-order valence-corrected chi connectivity index (χ4v) is 7.94. The molecule has 0 heterocycles. The Morgan fingerprint density at radius 3 is 1.39 bits per heavy atom. The summed E-state index contributed by atoms with van der Waals surface area (Å²) in [5.74, 6) is -0.689. The maximum Gasteiger partial charge on any atom is 0.405 e. The van der Waals surface area contributed by atoms with E-state index >= 15 is 0 Å². The van der Waals surface area contributed by atoms with E-state index in [-0.39, 0.29) is 46.7 Å². The molecule has 6 atom stereocenters. The van der Waals surface area contributed by atoms with Crippen molar-refractivity contribution in [2.45, 2.75) is 135 Å². The fourth-order valence-electron chi connectivity index (χ4n) is 7.55. The lowest BCUT2D eigenvalue weighted by Crippen LogP contribution is -2.22. The van der Waals surface area contributed by atoms with Gasteiger partial charge in [-0.2, -0.15) is 0 Å². The summed E-state index contributed by atoms with van der Waals surface area (Å²) in [6, 6.07) is 6.36. The van der Waals surface area contributed by atoms with E-state index in [1.807, 2.05) is 13.8 Å². The van der Waals surface area contributed by atoms with Gasteiger partial charge >= 0.3 is 12.2 Å². The Kier molecular flexibility index (Phi) is 16.2. The molecule has 4 aliphatic rings. The Labute approximate surface area is 299 Å². The lowest BCUT2D eigenvalue weighted by Gasteiger charge is -2.28. The molecule has 2 amide bonds. The Bertz CT molecular complexity index is 1330. The number of carbonyl (C=O) groups is 2. The van der Waals surface area contributed by atoms with E-state index in [2.05, 4.69) is 22.9 Å². The summed E-state index contributed by atoms with van der Waals surface area (Å²) < 4.78 is 11.1. The Balaban J connectivity index is 2.04. The van der Waals surface area contributed by atoms with Crippen molar-refractivity contribution in [1.29, 1.82) is 0 Å². The quantitative estimate of drug-likeness (QED) is 0.108. The van der Waals surface area contributed by atoms with Crippen molar-refractivity contribution < 1.29 is 39.5 Å². The third kappa shape index (κ3) is 11.6. The predicted molar refractivity (Wildman–Crippen MR) is 194 cm³/mol. The van der Waals surface area contributed by atoms with Crippen LogP contribution in [-0.4, -0.2) is 37.9 Å². The van der Waals surface area contributed by atoms with Crippen molar-refractivity contribution in [3.8, 4) is 23.0 Å². The molecular weight excluding hydrogens is 692 g/mol. The molecule has 0 fully saturated rings. The SMILES string of the molecule is CCCCC1CCCCC(C)C(OC(N)=O)c2cc(O)c(c(O)c2)C(CCCCBr)CCCCC(C)C(OC(N)=O)c2cc(O)c1c(O)c2. The highest BCUT2D eigenvalue weighted by Crippen LogP contribution is 2.46. The number of aromatic hydroxyl groups is 4. The highest BCUT2D eigenvalue weighted by molar-refractivity contribution is 9.09. The van der Waals surface area contributed by atoms with Crippen LogP contribution < -0.4 is 11.5 Å². The van der Waals surface area contributed by atoms with Crippen LogP contribution in [0.25, 0.3) is 0 Å². The normalized spacial score (nSPS) is 24.1. The monoisotopic (exact) mass is 748 g/mol. The van der Waals surface area contributed by atoms with Crippen LogP contribution in [0.15, 0.2) is 24.3 Å². The average molecular weight is 750 g/mol. The largest absolute Gasteiger partial charge is 0.508 e. The molecule has 0 saturated carbocycles. The molecule has 6 rings (SSSR count). The molecule has 0 aliphatic heterocycles. The third-order valence-corrected chi connectivity index (χ3v) is 10.6. The van der Waals surface area contributed by atoms with Crippen LogP contribution >= 0.6 is 15.9 Å². The highest BCUT2D eigenvalue weighted by Gasteiger charge is 2.30. The standard InChI is InChI=1S/C38H57BrN2O8/c1-4-5-14-25-15-8-6-12-23(2)36(49-38(41)47)28-21-31(44)34(32(45)22-28)26(17-10-11-18-39)16-9-7-13-24(3)35(48-37(40)46)27-19-29(42)33(25)30(43)20-27/h19-26,35-36,42-45H,4-18H2,1-3H3,(H2,40,46)(H2,41,47). The number of phenols is 4. The summed E-state index contributed by atoms with van der Waals surface area (Å²) in [4.78, 5) is 24.0. The van der Waals surface area contributed by atoms with Crippen molar-refractivity contribution in [1.82, 2.24) is 0 Å². The number of hydrogen-bond donors (Lipinski definition) is 6. The first-order chi connectivity index (χ1) is 23.4. The smallest absolute Gasteiger partial charge is 0.405 e. The molecule has 10 nitrogen and oxygen atoms in total. The molecule has 4 aliphatic carbocycles. The van der Waals surface area contributed by atoms with E-state index in [9.17, 15) is 30.0 Å². The second-order valence-corrected chi connectivity index (χ2v) is 14.7. The van der Waals surface area contributed by atoms with Crippen molar-refractivity contribution in [3.05, 3.63) is 46.5 Å². The Morgan fingerprint density at radius 2 is 1.04 bits per heavy atom. The maximum atomic E-state index is 12.0. The topological polar surface area (TPSA) is 186 Å². The van der Waals surface area contributed by atoms with Crippen LogP contribution in [0.5, 0.6) is 23.0 Å². The van der Waals surface area contributed by atoms with Crippen LogP contribution in [0.3, 0.4) is 0 Å². The number of halogens is 1. The van der Waals surface area contributed by atoms with Gasteiger partial charge in [0.05, 0.1) is 0 Å². The van der Waals surface area contributed by atoms with Gasteiger partial charge in [-0.3, -0.25) is 0 Å². The second-order valence-electron chi connectivity index (χ2n) is 13.9. The van der Waals surface area contributed by atoms with Gasteiger partial charge in [-0.25, -0.2) is 9.59 Å². The number of primary amides is 2. The summed E-state index contributed by atoms with van der Waals surface area (Å²) in [7, 11) is 0. The lowest BCUT2D eigenvalue weighted by atomic mass is 9.83. The number of benzene rings is 2. The zero-order chi connectivity index (χ0) is 36.1. The highest BCUT2D eigenvalue weighted by atomic mass is 79.9. The number of carbonyl (C=O) groups excluding carboxylic acids is 2. The van der Waals surface area contributed by atoms with Crippen LogP contribution in [0.2, 0.25) is 0 Å². The maximum absolute atomic E-state index is 12.0. The molecule has 0 aromatic heterocycles. The molecule has 0 radical (unpaired) electrons. The summed E-state index contributed by atoms with van der Waals surface area (Å²) in [6.07, 6.45) is 7.68. The molecule has 6 unspecified atom stereocenters. The van der Waals surface area contributed by atoms with Crippen molar-refractivity contribution >= 4 is 28.1 Å². The number of hydrogen-bond acceptors (Lipinski definition) is 8. The number of ether oxygens (including phenoxy) is 2. The number of unbranched alkanes of at least 4 members (excludes halogenated alkanes) is 2. The lowest BCUT2D eigenvalue weighted by molar-refractivity contribution is 0.0683. The van der Waals surface area contributed by atoms with E-state index in [0.29, 0.717) is 47.9 Å². The van der Waals surface area contributed by atoms with Gasteiger partial charge in [0.15, 0.2) is 0 Å². The van der Waals surface area contributed by atoms with E-state index in [4.69, 9.17) is 20.9 Å². The molecule has 11 heteroatoms. The Hall–Kier alpha value is -3.34. The first-order valence-corrected chi connectivity index (χ1v) is 19.1. The molecular formula is C38H57BrN2O8. The van der Waals surface area contributed by atoms with E-state index < -0.39 is 24.4 Å². The van der Waals surface area contributed by atoms with Crippen LogP contribution in [0, 0.1) is 11.8 Å². The summed E-state index contributed by atoms with van der Waals surface area (Å²) in [5, 5.41) is 46.1. The number of alkyl halides is 1. The van der Waals surface area contributed by atoms with Gasteiger partial charge in [-0.1, -0.05) is 81.6 Å². The van der Waals surface area contributed by atoms with Crippen molar-refractivity contribution in [3.63, 3.8) is 0 Å². The number of phenolic OH excluding ortho intramolecular Hbond substituents is 4. The van der Waals surface area contributed by atoms with Crippen molar-refractivity contribution in [2.75, 3.05) is 5.33 Å². The van der Waals surface area contributed by atoms with Crippen LogP contribution in [0.1, 0.15) is 157 Å². The van der Waals surface area contributed by atoms with Gasteiger partial charge in [-0.05, 0) is 92.9 Å². The average Bonchev–Trinajstić information content (AvgIpc) is 3.03. The predicted octanol–water partition coefficient (Wildman–Crippen LogP) is 9.81. The first kappa shape index (κ1) is 40.1. The van der Waals surface area contributed by atoms with Gasteiger partial charge in [0.25, 0.3) is 0 Å². The first-order valence-electron chi connectivity index (χ1n) is 18.0. The molecule has 2 aromatic carbocycles. The molecule has 0 spiro atoms. The summed E-state index contributed by atoms with van der Waals surface area (Å²) in [6.45, 7) is 6.00. The minimum Gasteiger partial charge on any atom is -0.508 e. The number of nitrogens with two attached hydrogens (primary N) is 2. The van der Waals surface area contributed by atoms with Gasteiger partial charge < -0.3 is 41.4 Å². The van der Waals surface area contributed by atoms with E-state index in [0.717, 1.165) is 69.5 Å². The van der Waals surface area contributed by atoms with Gasteiger partial charge in [0.1, 0.15) is 35.2 Å². The minimum atomic E-state index is -0.930. The molecule has 0 saturated heterocycles. The minimum absolute atomic E-state index is 0.0271. The van der Waals surface area contributed by atoms with Gasteiger partial charge in [0.2, 0.25) is 0 Å². The van der Waals surface area contributed by atoms with Gasteiger partial charge in [0, 0.05) is 27.6 Å². The van der Waals surface area contributed by atoms with Gasteiger partial charge in [-0.15, -0.1) is 0 Å². The van der Waals surface area contributed by atoms with Crippen LogP contribution in [-0.2, 0) is 9.47 Å². The summed E-state index contributed by atoms with van der Waals surface area (Å²) in [5.41, 5.74) is 12.9. The molecule has 4 bridgehead atoms. The molecule has 8 N–H and O–H groups in total. The van der Waals surface area contributed by atoms with Crippen molar-refractivity contribution in [2.24, 2.45) is 23.3 Å². The second kappa shape index (κ2) is 19.7. The third-order valence-electron chi connectivity index (χ3n) is 10.1. The number of rotatable bonds is 9. The van der Waals surface area contributed by atoms with E-state index in [1.54, 1.807) is 24.3 Å². The number of amides is 2. The zero-order valence-corrected chi connectivity index (χ0v) is 30.9. The van der Waals surface area contributed by atoms with Crippen LogP contribution in [0.4, 0.5) is 9.59 Å².